The normalized spacial score (nSPS) is 10.9. The van der Waals surface area contributed by atoms with Crippen LogP contribution < -0.4 is 5.32 Å². The van der Waals surface area contributed by atoms with E-state index < -0.39 is 0 Å². The predicted molar refractivity (Wildman–Crippen MR) is 129 cm³/mol. The van der Waals surface area contributed by atoms with Gasteiger partial charge in [0.2, 0.25) is 5.91 Å². The van der Waals surface area contributed by atoms with E-state index in [0.717, 1.165) is 33.6 Å². The van der Waals surface area contributed by atoms with E-state index in [1.54, 1.807) is 18.7 Å². The molecule has 0 atom stereocenters. The minimum Gasteiger partial charge on any atom is -0.467 e. The van der Waals surface area contributed by atoms with Crippen molar-refractivity contribution in [2.45, 2.75) is 45.4 Å². The first-order valence-corrected chi connectivity index (χ1v) is 11.9. The van der Waals surface area contributed by atoms with Crippen LogP contribution in [-0.4, -0.2) is 36.0 Å². The molecule has 1 amide bonds. The standard InChI is InChI=1S/C24H25N7O2S/c1-4-30-22(18-7-10-26-11-8-18)28-29-24(30)34-13-9-21(32)27-23-20(14-25)16(2)17(3)31(23)15-19-6-5-12-33-19/h5-8,10-12H,4,9,13,15H2,1-3H3,(H,27,32). The fraction of sp³-hybridized carbons (Fsp3) is 0.292. The van der Waals surface area contributed by atoms with Crippen LogP contribution in [0.1, 0.15) is 35.9 Å². The molecule has 10 heteroatoms. The van der Waals surface area contributed by atoms with Crippen molar-refractivity contribution >= 4 is 23.5 Å². The molecule has 34 heavy (non-hydrogen) atoms. The molecule has 0 radical (unpaired) electrons. The summed E-state index contributed by atoms with van der Waals surface area (Å²) in [5.74, 6) is 2.38. The summed E-state index contributed by atoms with van der Waals surface area (Å²) < 4.78 is 9.40. The lowest BCUT2D eigenvalue weighted by Gasteiger charge is -2.12. The highest BCUT2D eigenvalue weighted by Crippen LogP contribution is 2.28. The van der Waals surface area contributed by atoms with Crippen molar-refractivity contribution < 1.29 is 9.21 Å². The van der Waals surface area contributed by atoms with Gasteiger partial charge < -0.3 is 18.9 Å². The number of nitrogens with zero attached hydrogens (tertiary/aromatic N) is 6. The summed E-state index contributed by atoms with van der Waals surface area (Å²) in [6, 6.07) is 9.70. The van der Waals surface area contributed by atoms with E-state index in [1.165, 1.54) is 11.8 Å². The molecule has 9 nitrogen and oxygen atoms in total. The van der Waals surface area contributed by atoms with Crippen LogP contribution >= 0.6 is 11.8 Å². The molecule has 1 N–H and O–H groups in total. The molecule has 0 aliphatic rings. The fourth-order valence-corrected chi connectivity index (χ4v) is 4.65. The van der Waals surface area contributed by atoms with E-state index in [2.05, 4.69) is 26.6 Å². The molecule has 0 aromatic carbocycles. The topological polar surface area (TPSA) is 115 Å². The van der Waals surface area contributed by atoms with E-state index in [4.69, 9.17) is 4.42 Å². The van der Waals surface area contributed by atoms with Gasteiger partial charge in [0.15, 0.2) is 11.0 Å². The highest BCUT2D eigenvalue weighted by molar-refractivity contribution is 7.99. The van der Waals surface area contributed by atoms with Crippen molar-refractivity contribution in [2.75, 3.05) is 11.1 Å². The molecule has 0 unspecified atom stereocenters. The first-order chi connectivity index (χ1) is 16.5. The number of anilines is 1. The van der Waals surface area contributed by atoms with Gasteiger partial charge in [-0.25, -0.2) is 0 Å². The lowest BCUT2D eigenvalue weighted by Crippen LogP contribution is -2.17. The molecule has 174 valence electrons. The van der Waals surface area contributed by atoms with Gasteiger partial charge in [-0.1, -0.05) is 11.8 Å². The van der Waals surface area contributed by atoms with Crippen molar-refractivity contribution in [3.05, 3.63) is 65.5 Å². The Kier molecular flexibility index (Phi) is 7.13. The number of pyridine rings is 1. The summed E-state index contributed by atoms with van der Waals surface area (Å²) in [6.07, 6.45) is 5.32. The van der Waals surface area contributed by atoms with Gasteiger partial charge in [-0.3, -0.25) is 9.78 Å². The summed E-state index contributed by atoms with van der Waals surface area (Å²) in [6.45, 7) is 7.00. The van der Waals surface area contributed by atoms with Gasteiger partial charge in [-0.2, -0.15) is 5.26 Å². The highest BCUT2D eigenvalue weighted by Gasteiger charge is 2.21. The van der Waals surface area contributed by atoms with Crippen molar-refractivity contribution in [1.29, 1.82) is 5.26 Å². The van der Waals surface area contributed by atoms with Crippen LogP contribution in [0.2, 0.25) is 0 Å². The number of hydrogen-bond donors (Lipinski definition) is 1. The quantitative estimate of drug-likeness (QED) is 0.357. The molecular formula is C24H25N7O2S. The maximum Gasteiger partial charge on any atom is 0.226 e. The first kappa shape index (κ1) is 23.3. The van der Waals surface area contributed by atoms with Crippen molar-refractivity contribution in [1.82, 2.24) is 24.3 Å². The molecule has 0 saturated carbocycles. The fourth-order valence-electron chi connectivity index (χ4n) is 3.71. The third-order valence-corrected chi connectivity index (χ3v) is 6.59. The number of nitrogens with one attached hydrogen (secondary N) is 1. The van der Waals surface area contributed by atoms with Gasteiger partial charge in [0.1, 0.15) is 17.6 Å². The maximum absolute atomic E-state index is 12.8. The average molecular weight is 476 g/mol. The van der Waals surface area contributed by atoms with Crippen molar-refractivity contribution in [3.63, 3.8) is 0 Å². The molecule has 0 aliphatic carbocycles. The van der Waals surface area contributed by atoms with Crippen LogP contribution in [0.5, 0.6) is 0 Å². The van der Waals surface area contributed by atoms with Gasteiger partial charge in [-0.15, -0.1) is 10.2 Å². The number of carbonyl (C=O) groups excluding carboxylic acids is 1. The minimum atomic E-state index is -0.167. The number of nitriles is 1. The van der Waals surface area contributed by atoms with Crippen LogP contribution in [0.4, 0.5) is 5.82 Å². The summed E-state index contributed by atoms with van der Waals surface area (Å²) >= 11 is 1.48. The largest absolute Gasteiger partial charge is 0.467 e. The van der Waals surface area contributed by atoms with Crippen LogP contribution in [-0.2, 0) is 17.9 Å². The van der Waals surface area contributed by atoms with Gasteiger partial charge in [0.25, 0.3) is 0 Å². The Morgan fingerprint density at radius 1 is 1.21 bits per heavy atom. The van der Waals surface area contributed by atoms with E-state index >= 15 is 0 Å². The number of furan rings is 1. The van der Waals surface area contributed by atoms with E-state index in [1.807, 2.05) is 54.2 Å². The maximum atomic E-state index is 12.8. The Morgan fingerprint density at radius 2 is 2.00 bits per heavy atom. The number of amides is 1. The molecule has 4 aromatic heterocycles. The number of hydrogen-bond acceptors (Lipinski definition) is 7. The van der Waals surface area contributed by atoms with Gasteiger partial charge in [-0.05, 0) is 50.6 Å². The van der Waals surface area contributed by atoms with E-state index in [9.17, 15) is 10.1 Å². The smallest absolute Gasteiger partial charge is 0.226 e. The third kappa shape index (κ3) is 4.75. The van der Waals surface area contributed by atoms with Crippen molar-refractivity contribution in [3.8, 4) is 17.5 Å². The lowest BCUT2D eigenvalue weighted by molar-refractivity contribution is -0.115. The summed E-state index contributed by atoms with van der Waals surface area (Å²) in [5.41, 5.74) is 3.18. The second-order valence-electron chi connectivity index (χ2n) is 7.64. The van der Waals surface area contributed by atoms with Crippen LogP contribution in [0.25, 0.3) is 11.4 Å². The summed E-state index contributed by atoms with van der Waals surface area (Å²) in [7, 11) is 0. The monoisotopic (exact) mass is 475 g/mol. The van der Waals surface area contributed by atoms with Crippen LogP contribution in [0, 0.1) is 25.2 Å². The average Bonchev–Trinajstić information content (AvgIpc) is 3.56. The zero-order valence-electron chi connectivity index (χ0n) is 19.3. The van der Waals surface area contributed by atoms with Crippen LogP contribution in [0.3, 0.4) is 0 Å². The van der Waals surface area contributed by atoms with Crippen molar-refractivity contribution in [2.24, 2.45) is 0 Å². The number of carbonyl (C=O) groups is 1. The number of rotatable bonds is 9. The Hall–Kier alpha value is -3.84. The summed E-state index contributed by atoms with van der Waals surface area (Å²) in [4.78, 5) is 16.9. The molecule has 0 bridgehead atoms. The Labute approximate surface area is 201 Å². The first-order valence-electron chi connectivity index (χ1n) is 10.9. The van der Waals surface area contributed by atoms with E-state index in [0.29, 0.717) is 30.2 Å². The number of thioether (sulfide) groups is 1. The Balaban J connectivity index is 1.44. The molecule has 0 aliphatic heterocycles. The van der Waals surface area contributed by atoms with Crippen LogP contribution in [0.15, 0.2) is 52.5 Å². The Bertz CT molecular complexity index is 1320. The molecular weight excluding hydrogens is 450 g/mol. The zero-order chi connectivity index (χ0) is 24.1. The predicted octanol–water partition coefficient (Wildman–Crippen LogP) is 4.41. The minimum absolute atomic E-state index is 0.167. The van der Waals surface area contributed by atoms with Gasteiger partial charge >= 0.3 is 0 Å². The number of aromatic nitrogens is 5. The highest BCUT2D eigenvalue weighted by atomic mass is 32.2. The zero-order valence-corrected chi connectivity index (χ0v) is 20.1. The SMILES string of the molecule is CCn1c(SCCC(=O)Nc2c(C#N)c(C)c(C)n2Cc2ccco2)nnc1-c1ccncc1. The third-order valence-electron chi connectivity index (χ3n) is 5.62. The second kappa shape index (κ2) is 10.4. The molecule has 0 saturated heterocycles. The summed E-state index contributed by atoms with van der Waals surface area (Å²) in [5, 5.41) is 22.0. The van der Waals surface area contributed by atoms with Gasteiger partial charge in [0.05, 0.1) is 18.4 Å². The molecule has 4 rings (SSSR count). The molecule has 4 heterocycles. The molecule has 4 aromatic rings. The second-order valence-corrected chi connectivity index (χ2v) is 8.71. The molecule has 0 fully saturated rings. The lowest BCUT2D eigenvalue weighted by atomic mass is 10.2. The Morgan fingerprint density at radius 3 is 2.68 bits per heavy atom. The van der Waals surface area contributed by atoms with Gasteiger partial charge in [0, 0.05) is 42.4 Å². The van der Waals surface area contributed by atoms with E-state index in [-0.39, 0.29) is 12.3 Å². The molecule has 0 spiro atoms.